The van der Waals surface area contributed by atoms with Crippen molar-refractivity contribution in [3.05, 3.63) is 10.6 Å². The number of hydrogen-bond acceptors (Lipinski definition) is 5. The first kappa shape index (κ1) is 14.6. The summed E-state index contributed by atoms with van der Waals surface area (Å²) in [4.78, 5) is 24.6. The fourth-order valence-corrected chi connectivity index (χ4v) is 2.28. The lowest BCUT2D eigenvalue weighted by atomic mass is 10.1. The first-order chi connectivity index (χ1) is 8.43. The Morgan fingerprint density at radius 1 is 1.44 bits per heavy atom. The van der Waals surface area contributed by atoms with Crippen molar-refractivity contribution < 1.29 is 14.7 Å². The number of hydrogen-bond donors (Lipinski definition) is 1. The number of carbonyl (C=O) groups is 2. The zero-order valence-corrected chi connectivity index (χ0v) is 11.5. The molecule has 0 fully saturated rings. The lowest BCUT2D eigenvalue weighted by Crippen LogP contribution is -2.28. The molecule has 0 aliphatic heterocycles. The van der Waals surface area contributed by atoms with Gasteiger partial charge in [-0.1, -0.05) is 18.3 Å². The summed E-state index contributed by atoms with van der Waals surface area (Å²) in [5.74, 6) is -0.840. The Bertz CT molecular complexity index is 431. The molecule has 0 aliphatic carbocycles. The maximum atomic E-state index is 12.1. The predicted octanol–water partition coefficient (Wildman–Crippen LogP) is 1.60. The van der Waals surface area contributed by atoms with Gasteiger partial charge in [0.2, 0.25) is 0 Å². The highest BCUT2D eigenvalue weighted by Gasteiger charge is 2.21. The standard InChI is InChI=1S/C11H17N3O3S/c1-7(2)9-10(18-13-12-9)11(17)14(3)6-4-5-8(15)16/h7H,4-6H2,1-3H3,(H,15,16). The van der Waals surface area contributed by atoms with Crippen molar-refractivity contribution >= 4 is 23.4 Å². The zero-order valence-electron chi connectivity index (χ0n) is 10.7. The first-order valence-corrected chi connectivity index (χ1v) is 6.50. The van der Waals surface area contributed by atoms with Crippen molar-refractivity contribution in [3.63, 3.8) is 0 Å². The van der Waals surface area contributed by atoms with E-state index in [0.717, 1.165) is 11.5 Å². The third kappa shape index (κ3) is 3.76. The van der Waals surface area contributed by atoms with Gasteiger partial charge in [0.1, 0.15) is 4.88 Å². The molecule has 0 aliphatic rings. The number of carboxylic acids is 1. The van der Waals surface area contributed by atoms with Gasteiger partial charge in [0.15, 0.2) is 0 Å². The van der Waals surface area contributed by atoms with Gasteiger partial charge in [-0.15, -0.1) is 5.10 Å². The smallest absolute Gasteiger partial charge is 0.303 e. The Morgan fingerprint density at radius 2 is 2.11 bits per heavy atom. The van der Waals surface area contributed by atoms with Crippen molar-refractivity contribution in [1.29, 1.82) is 0 Å². The highest BCUT2D eigenvalue weighted by atomic mass is 32.1. The first-order valence-electron chi connectivity index (χ1n) is 5.73. The fourth-order valence-electron chi connectivity index (χ4n) is 1.47. The van der Waals surface area contributed by atoms with Crippen LogP contribution in [0.4, 0.5) is 0 Å². The van der Waals surface area contributed by atoms with E-state index in [-0.39, 0.29) is 18.2 Å². The molecule has 0 radical (unpaired) electrons. The Kier molecular flexibility index (Phi) is 5.21. The summed E-state index contributed by atoms with van der Waals surface area (Å²) in [5.41, 5.74) is 0.704. The van der Waals surface area contributed by atoms with Crippen LogP contribution in [-0.4, -0.2) is 45.1 Å². The molecule has 1 aromatic rings. The summed E-state index contributed by atoms with van der Waals surface area (Å²) in [5, 5.41) is 12.5. The minimum absolute atomic E-state index is 0.0651. The van der Waals surface area contributed by atoms with E-state index in [2.05, 4.69) is 9.59 Å². The van der Waals surface area contributed by atoms with Crippen molar-refractivity contribution in [2.24, 2.45) is 0 Å². The van der Waals surface area contributed by atoms with Gasteiger partial charge in [0, 0.05) is 20.0 Å². The summed E-state index contributed by atoms with van der Waals surface area (Å²) >= 11 is 1.09. The molecular formula is C11H17N3O3S. The second-order valence-corrected chi connectivity index (χ2v) is 5.12. The van der Waals surface area contributed by atoms with Crippen LogP contribution in [-0.2, 0) is 4.79 Å². The summed E-state index contributed by atoms with van der Waals surface area (Å²) < 4.78 is 3.81. The third-order valence-electron chi connectivity index (χ3n) is 2.49. The van der Waals surface area contributed by atoms with Gasteiger partial charge in [0.25, 0.3) is 5.91 Å². The molecule has 0 bridgehead atoms. The summed E-state index contributed by atoms with van der Waals surface area (Å²) in [6.07, 6.45) is 0.510. The molecule has 1 heterocycles. The van der Waals surface area contributed by atoms with Gasteiger partial charge in [-0.2, -0.15) is 0 Å². The van der Waals surface area contributed by atoms with Crippen molar-refractivity contribution in [2.45, 2.75) is 32.6 Å². The van der Waals surface area contributed by atoms with Crippen LogP contribution in [0.5, 0.6) is 0 Å². The van der Waals surface area contributed by atoms with Crippen molar-refractivity contribution in [1.82, 2.24) is 14.5 Å². The van der Waals surface area contributed by atoms with Crippen molar-refractivity contribution in [2.75, 3.05) is 13.6 Å². The summed E-state index contributed by atoms with van der Waals surface area (Å²) in [7, 11) is 1.66. The van der Waals surface area contributed by atoms with Gasteiger partial charge in [-0.25, -0.2) is 0 Å². The van der Waals surface area contributed by atoms with Crippen LogP contribution >= 0.6 is 11.5 Å². The number of aromatic nitrogens is 2. The van der Waals surface area contributed by atoms with Gasteiger partial charge in [-0.05, 0) is 23.9 Å². The molecule has 0 saturated carbocycles. The maximum Gasteiger partial charge on any atom is 0.303 e. The van der Waals surface area contributed by atoms with E-state index in [9.17, 15) is 9.59 Å². The van der Waals surface area contributed by atoms with Gasteiger partial charge < -0.3 is 10.0 Å². The molecule has 1 N–H and O–H groups in total. The second kappa shape index (κ2) is 6.44. The molecule has 0 unspecified atom stereocenters. The van der Waals surface area contributed by atoms with Crippen LogP contribution in [0.2, 0.25) is 0 Å². The Labute approximate surface area is 110 Å². The Balaban J connectivity index is 2.63. The average molecular weight is 271 g/mol. The minimum Gasteiger partial charge on any atom is -0.481 e. The van der Waals surface area contributed by atoms with Crippen LogP contribution < -0.4 is 0 Å². The molecule has 6 nitrogen and oxygen atoms in total. The number of carbonyl (C=O) groups excluding carboxylic acids is 1. The van der Waals surface area contributed by atoms with Crippen LogP contribution in [0.15, 0.2) is 0 Å². The number of nitrogens with zero attached hydrogens (tertiary/aromatic N) is 3. The maximum absolute atomic E-state index is 12.1. The van der Waals surface area contributed by atoms with Gasteiger partial charge in [0.05, 0.1) is 5.69 Å². The molecule has 0 spiro atoms. The molecule has 1 aromatic heterocycles. The lowest BCUT2D eigenvalue weighted by Gasteiger charge is -2.16. The monoisotopic (exact) mass is 271 g/mol. The third-order valence-corrected chi connectivity index (χ3v) is 3.21. The van der Waals surface area contributed by atoms with Crippen LogP contribution in [0.1, 0.15) is 48.0 Å². The molecular weight excluding hydrogens is 254 g/mol. The largest absolute Gasteiger partial charge is 0.481 e. The van der Waals surface area contributed by atoms with Crippen LogP contribution in [0, 0.1) is 0 Å². The number of rotatable bonds is 6. The van der Waals surface area contributed by atoms with Crippen LogP contribution in [0.3, 0.4) is 0 Å². The van der Waals surface area contributed by atoms with E-state index in [1.807, 2.05) is 13.8 Å². The molecule has 1 rings (SSSR count). The number of carboxylic acid groups (broad SMARTS) is 1. The molecule has 0 atom stereocenters. The molecule has 1 amide bonds. The number of aliphatic carboxylic acids is 1. The SMILES string of the molecule is CC(C)c1nnsc1C(=O)N(C)CCCC(=O)O. The zero-order chi connectivity index (χ0) is 13.7. The highest BCUT2D eigenvalue weighted by Crippen LogP contribution is 2.21. The number of amides is 1. The lowest BCUT2D eigenvalue weighted by molar-refractivity contribution is -0.137. The molecule has 18 heavy (non-hydrogen) atoms. The Hall–Kier alpha value is -1.50. The fraction of sp³-hybridized carbons (Fsp3) is 0.636. The Morgan fingerprint density at radius 3 is 2.67 bits per heavy atom. The van der Waals surface area contributed by atoms with E-state index in [4.69, 9.17) is 5.11 Å². The highest BCUT2D eigenvalue weighted by molar-refractivity contribution is 7.08. The van der Waals surface area contributed by atoms with Crippen LogP contribution in [0.25, 0.3) is 0 Å². The predicted molar refractivity (Wildman–Crippen MR) is 67.8 cm³/mol. The summed E-state index contributed by atoms with van der Waals surface area (Å²) in [6, 6.07) is 0. The summed E-state index contributed by atoms with van der Waals surface area (Å²) in [6.45, 7) is 4.33. The normalized spacial score (nSPS) is 10.7. The van der Waals surface area contributed by atoms with E-state index >= 15 is 0 Å². The molecule has 100 valence electrons. The molecule has 0 aromatic carbocycles. The van der Waals surface area contributed by atoms with E-state index in [0.29, 0.717) is 23.5 Å². The minimum atomic E-state index is -0.849. The average Bonchev–Trinajstić information content (AvgIpc) is 2.76. The molecule has 0 saturated heterocycles. The van der Waals surface area contributed by atoms with E-state index < -0.39 is 5.97 Å². The van der Waals surface area contributed by atoms with Gasteiger partial charge >= 0.3 is 5.97 Å². The topological polar surface area (TPSA) is 83.4 Å². The van der Waals surface area contributed by atoms with E-state index in [1.165, 1.54) is 4.90 Å². The molecule has 7 heteroatoms. The second-order valence-electron chi connectivity index (χ2n) is 4.37. The van der Waals surface area contributed by atoms with Gasteiger partial charge in [-0.3, -0.25) is 9.59 Å². The van der Waals surface area contributed by atoms with E-state index in [1.54, 1.807) is 7.05 Å². The van der Waals surface area contributed by atoms with Crippen molar-refractivity contribution in [3.8, 4) is 0 Å². The quantitative estimate of drug-likeness (QED) is 0.849.